The molecule has 0 aromatic rings. The fraction of sp³-hybridized carbons (Fsp3) is 1.00. The molecule has 0 unspecified atom stereocenters. The maximum Gasteiger partial charge on any atom is 0.0558 e. The number of likely N-dealkylation sites (N-methyl/N-ethyl adjacent to an activating group) is 1. The van der Waals surface area contributed by atoms with Gasteiger partial charge in [0.25, 0.3) is 0 Å². The Kier molecular flexibility index (Phi) is 7.82. The fourth-order valence-corrected chi connectivity index (χ4v) is 2.86. The van der Waals surface area contributed by atoms with Crippen molar-refractivity contribution in [2.75, 3.05) is 39.3 Å². The van der Waals surface area contributed by atoms with Crippen LogP contribution in [0, 0.1) is 0 Å². The molecule has 1 N–H and O–H groups in total. The summed E-state index contributed by atoms with van der Waals surface area (Å²) < 4.78 is 0. The molecule has 1 rings (SSSR count). The van der Waals surface area contributed by atoms with Crippen molar-refractivity contribution in [3.8, 4) is 0 Å². The van der Waals surface area contributed by atoms with E-state index < -0.39 is 0 Å². The van der Waals surface area contributed by atoms with E-state index in [0.29, 0.717) is 6.61 Å². The normalized spacial score (nSPS) is 18.2. The molecule has 1 aliphatic rings. The molecule has 0 spiro atoms. The van der Waals surface area contributed by atoms with Gasteiger partial charge in [0.2, 0.25) is 0 Å². The highest BCUT2D eigenvalue weighted by Crippen LogP contribution is 2.22. The minimum absolute atomic E-state index is 0.300. The van der Waals surface area contributed by atoms with Gasteiger partial charge in [-0.15, -0.1) is 0 Å². The molecular formula is C14H30N2O. The number of nitrogens with zero attached hydrogens (tertiary/aromatic N) is 2. The fourth-order valence-electron chi connectivity index (χ4n) is 2.86. The van der Waals surface area contributed by atoms with Gasteiger partial charge in [0.05, 0.1) is 6.61 Å². The molecule has 0 amide bonds. The first-order chi connectivity index (χ1) is 8.31. The number of rotatable bonds is 8. The molecule has 0 bridgehead atoms. The summed E-state index contributed by atoms with van der Waals surface area (Å²) in [4.78, 5) is 4.98. The molecule has 0 radical (unpaired) electrons. The second kappa shape index (κ2) is 8.90. The zero-order valence-corrected chi connectivity index (χ0v) is 11.7. The Hall–Kier alpha value is -0.120. The maximum absolute atomic E-state index is 9.19. The lowest BCUT2D eigenvalue weighted by molar-refractivity contribution is 0.110. The standard InChI is InChI=1S/C14H30N2O/c1-3-15(4-2)10-11-16(12-13-17)14-8-6-5-7-9-14/h14,17H,3-13H2,1-2H3. The predicted octanol–water partition coefficient (Wildman–Crippen LogP) is 1.96. The third-order valence-electron chi connectivity index (χ3n) is 4.08. The second-order valence-corrected chi connectivity index (χ2v) is 5.08. The van der Waals surface area contributed by atoms with Crippen molar-refractivity contribution in [3.63, 3.8) is 0 Å². The van der Waals surface area contributed by atoms with E-state index in [2.05, 4.69) is 23.6 Å². The van der Waals surface area contributed by atoms with Gasteiger partial charge in [-0.2, -0.15) is 0 Å². The van der Waals surface area contributed by atoms with Gasteiger partial charge in [-0.3, -0.25) is 4.90 Å². The first-order valence-electron chi connectivity index (χ1n) is 7.39. The monoisotopic (exact) mass is 242 g/mol. The summed E-state index contributed by atoms with van der Waals surface area (Å²) in [5.41, 5.74) is 0. The van der Waals surface area contributed by atoms with Gasteiger partial charge >= 0.3 is 0 Å². The molecule has 17 heavy (non-hydrogen) atoms. The average Bonchev–Trinajstić information content (AvgIpc) is 2.39. The highest BCUT2D eigenvalue weighted by molar-refractivity contribution is 4.76. The molecule has 1 aliphatic carbocycles. The van der Waals surface area contributed by atoms with Crippen molar-refractivity contribution >= 4 is 0 Å². The molecule has 1 fully saturated rings. The van der Waals surface area contributed by atoms with E-state index in [1.807, 2.05) is 0 Å². The lowest BCUT2D eigenvalue weighted by Crippen LogP contribution is -2.43. The van der Waals surface area contributed by atoms with Crippen molar-refractivity contribution < 1.29 is 5.11 Å². The quantitative estimate of drug-likeness (QED) is 0.705. The van der Waals surface area contributed by atoms with E-state index >= 15 is 0 Å². The molecule has 0 aliphatic heterocycles. The van der Waals surface area contributed by atoms with Crippen LogP contribution in [-0.2, 0) is 0 Å². The van der Waals surface area contributed by atoms with Crippen LogP contribution in [0.15, 0.2) is 0 Å². The lowest BCUT2D eigenvalue weighted by atomic mass is 9.94. The van der Waals surface area contributed by atoms with Crippen LogP contribution in [0.1, 0.15) is 46.0 Å². The first kappa shape index (κ1) is 14.9. The highest BCUT2D eigenvalue weighted by Gasteiger charge is 2.20. The van der Waals surface area contributed by atoms with E-state index in [0.717, 1.165) is 38.8 Å². The molecule has 0 heterocycles. The molecular weight excluding hydrogens is 212 g/mol. The Bertz CT molecular complexity index is 177. The molecule has 0 aromatic carbocycles. The predicted molar refractivity (Wildman–Crippen MR) is 73.3 cm³/mol. The Balaban J connectivity index is 2.35. The van der Waals surface area contributed by atoms with Gasteiger partial charge < -0.3 is 10.0 Å². The Labute approximate surface area is 107 Å². The summed E-state index contributed by atoms with van der Waals surface area (Å²) in [5.74, 6) is 0. The third kappa shape index (κ3) is 5.36. The van der Waals surface area contributed by atoms with Crippen molar-refractivity contribution in [3.05, 3.63) is 0 Å². The van der Waals surface area contributed by atoms with Crippen molar-refractivity contribution in [2.45, 2.75) is 52.0 Å². The van der Waals surface area contributed by atoms with Crippen molar-refractivity contribution in [2.24, 2.45) is 0 Å². The minimum Gasteiger partial charge on any atom is -0.395 e. The molecule has 0 saturated heterocycles. The van der Waals surface area contributed by atoms with Crippen LogP contribution in [0.5, 0.6) is 0 Å². The van der Waals surface area contributed by atoms with E-state index in [4.69, 9.17) is 0 Å². The van der Waals surface area contributed by atoms with Crippen LogP contribution in [0.2, 0.25) is 0 Å². The van der Waals surface area contributed by atoms with Crippen LogP contribution >= 0.6 is 0 Å². The molecule has 3 nitrogen and oxygen atoms in total. The SMILES string of the molecule is CCN(CC)CCN(CCO)C1CCCCC1. The smallest absolute Gasteiger partial charge is 0.0558 e. The Morgan fingerprint density at radius 2 is 1.59 bits per heavy atom. The van der Waals surface area contributed by atoms with Crippen LogP contribution in [0.3, 0.4) is 0 Å². The maximum atomic E-state index is 9.19. The molecule has 102 valence electrons. The molecule has 3 heteroatoms. The molecule has 0 atom stereocenters. The number of aliphatic hydroxyl groups is 1. The van der Waals surface area contributed by atoms with Crippen molar-refractivity contribution in [1.82, 2.24) is 9.80 Å². The largest absolute Gasteiger partial charge is 0.395 e. The van der Waals surface area contributed by atoms with Crippen LogP contribution in [0.25, 0.3) is 0 Å². The number of aliphatic hydroxyl groups excluding tert-OH is 1. The van der Waals surface area contributed by atoms with Crippen LogP contribution in [0.4, 0.5) is 0 Å². The summed E-state index contributed by atoms with van der Waals surface area (Å²) in [7, 11) is 0. The van der Waals surface area contributed by atoms with Gasteiger partial charge in [-0.25, -0.2) is 0 Å². The van der Waals surface area contributed by atoms with Gasteiger partial charge in [-0.1, -0.05) is 33.1 Å². The van der Waals surface area contributed by atoms with Gasteiger partial charge in [-0.05, 0) is 25.9 Å². The summed E-state index contributed by atoms with van der Waals surface area (Å²) in [6, 6.07) is 0.728. The van der Waals surface area contributed by atoms with E-state index in [1.54, 1.807) is 0 Å². The van der Waals surface area contributed by atoms with E-state index in [9.17, 15) is 5.11 Å². The average molecular weight is 242 g/mol. The first-order valence-corrected chi connectivity index (χ1v) is 7.39. The number of hydrogen-bond acceptors (Lipinski definition) is 3. The van der Waals surface area contributed by atoms with E-state index in [-0.39, 0.29) is 0 Å². The number of hydrogen-bond donors (Lipinski definition) is 1. The van der Waals surface area contributed by atoms with Crippen LogP contribution in [-0.4, -0.2) is 60.3 Å². The Morgan fingerprint density at radius 1 is 0.941 bits per heavy atom. The van der Waals surface area contributed by atoms with Crippen molar-refractivity contribution in [1.29, 1.82) is 0 Å². The van der Waals surface area contributed by atoms with E-state index in [1.165, 1.54) is 32.1 Å². The zero-order chi connectivity index (χ0) is 12.5. The topological polar surface area (TPSA) is 26.7 Å². The minimum atomic E-state index is 0.300. The summed E-state index contributed by atoms with van der Waals surface area (Å²) in [6.07, 6.45) is 6.81. The Morgan fingerprint density at radius 3 is 2.12 bits per heavy atom. The van der Waals surface area contributed by atoms with Gasteiger partial charge in [0, 0.05) is 25.7 Å². The summed E-state index contributed by atoms with van der Waals surface area (Å²) in [5, 5.41) is 9.19. The van der Waals surface area contributed by atoms with Gasteiger partial charge in [0.15, 0.2) is 0 Å². The lowest BCUT2D eigenvalue weighted by Gasteiger charge is -2.35. The highest BCUT2D eigenvalue weighted by atomic mass is 16.3. The molecule has 0 aromatic heterocycles. The summed E-state index contributed by atoms with van der Waals surface area (Å²) >= 11 is 0. The second-order valence-electron chi connectivity index (χ2n) is 5.08. The zero-order valence-electron chi connectivity index (χ0n) is 11.7. The third-order valence-corrected chi connectivity index (χ3v) is 4.08. The van der Waals surface area contributed by atoms with Crippen LogP contribution < -0.4 is 0 Å². The molecule has 1 saturated carbocycles. The summed E-state index contributed by atoms with van der Waals surface area (Å²) in [6.45, 7) is 10.1. The van der Waals surface area contributed by atoms with Gasteiger partial charge in [0.1, 0.15) is 0 Å².